The SMILES string of the molecule is O=C(NCC1(C2CC2)CC1)NC1(C(=O)O)CCC1. The maximum atomic E-state index is 11.8. The van der Waals surface area contributed by atoms with Crippen LogP contribution in [0.1, 0.15) is 44.9 Å². The minimum atomic E-state index is -1.000. The molecule has 0 aromatic heterocycles. The highest BCUT2D eigenvalue weighted by atomic mass is 16.4. The second kappa shape index (κ2) is 3.87. The predicted molar refractivity (Wildman–Crippen MR) is 65.1 cm³/mol. The van der Waals surface area contributed by atoms with E-state index in [9.17, 15) is 9.59 Å². The van der Waals surface area contributed by atoms with Crippen LogP contribution in [0, 0.1) is 11.3 Å². The maximum absolute atomic E-state index is 11.8. The number of carboxylic acids is 1. The third-order valence-electron chi connectivity index (χ3n) is 4.91. The van der Waals surface area contributed by atoms with Gasteiger partial charge in [-0.1, -0.05) is 0 Å². The summed E-state index contributed by atoms with van der Waals surface area (Å²) in [4.78, 5) is 22.9. The molecule has 5 heteroatoms. The number of urea groups is 1. The van der Waals surface area contributed by atoms with E-state index in [0.29, 0.717) is 24.8 Å². The molecule has 3 rings (SSSR count). The molecule has 0 spiro atoms. The molecule has 0 aliphatic heterocycles. The van der Waals surface area contributed by atoms with Crippen molar-refractivity contribution in [2.75, 3.05) is 6.54 Å². The largest absolute Gasteiger partial charge is 0.480 e. The van der Waals surface area contributed by atoms with Crippen molar-refractivity contribution in [2.45, 2.75) is 50.5 Å². The lowest BCUT2D eigenvalue weighted by molar-refractivity contribution is -0.148. The van der Waals surface area contributed by atoms with Gasteiger partial charge in [0.05, 0.1) is 0 Å². The van der Waals surface area contributed by atoms with E-state index < -0.39 is 11.5 Å². The van der Waals surface area contributed by atoms with Crippen molar-refractivity contribution in [2.24, 2.45) is 11.3 Å². The first-order chi connectivity index (χ1) is 8.56. The van der Waals surface area contributed by atoms with E-state index in [2.05, 4.69) is 10.6 Å². The van der Waals surface area contributed by atoms with Gasteiger partial charge in [0.15, 0.2) is 0 Å². The molecule has 0 aromatic carbocycles. The van der Waals surface area contributed by atoms with Gasteiger partial charge in [-0.3, -0.25) is 0 Å². The summed E-state index contributed by atoms with van der Waals surface area (Å²) < 4.78 is 0. The Balaban J connectivity index is 1.48. The molecular weight excluding hydrogens is 232 g/mol. The third kappa shape index (κ3) is 1.95. The molecule has 0 atom stereocenters. The highest BCUT2D eigenvalue weighted by Gasteiger charge is 2.54. The smallest absolute Gasteiger partial charge is 0.329 e. The zero-order chi connectivity index (χ0) is 12.8. The van der Waals surface area contributed by atoms with Crippen LogP contribution in [0.3, 0.4) is 0 Å². The van der Waals surface area contributed by atoms with Gasteiger partial charge >= 0.3 is 12.0 Å². The summed E-state index contributed by atoms with van der Waals surface area (Å²) in [6.45, 7) is 0.708. The summed E-state index contributed by atoms with van der Waals surface area (Å²) in [6, 6.07) is -0.316. The average Bonchev–Trinajstić information content (AvgIpc) is 3.12. The fourth-order valence-electron chi connectivity index (χ4n) is 3.03. The molecule has 3 saturated carbocycles. The highest BCUT2D eigenvalue weighted by molar-refractivity contribution is 5.87. The maximum Gasteiger partial charge on any atom is 0.329 e. The van der Waals surface area contributed by atoms with Crippen molar-refractivity contribution in [3.05, 3.63) is 0 Å². The molecule has 0 bridgehead atoms. The van der Waals surface area contributed by atoms with Crippen molar-refractivity contribution in [3.63, 3.8) is 0 Å². The van der Waals surface area contributed by atoms with E-state index in [0.717, 1.165) is 12.3 Å². The number of hydrogen-bond donors (Lipinski definition) is 3. The van der Waals surface area contributed by atoms with Crippen LogP contribution in [0.4, 0.5) is 4.79 Å². The normalized spacial score (nSPS) is 26.9. The van der Waals surface area contributed by atoms with Crippen LogP contribution in [0.2, 0.25) is 0 Å². The lowest BCUT2D eigenvalue weighted by Gasteiger charge is -2.38. The molecule has 0 aromatic rings. The number of carbonyl (C=O) groups excluding carboxylic acids is 1. The van der Waals surface area contributed by atoms with E-state index in [4.69, 9.17) is 5.11 Å². The lowest BCUT2D eigenvalue weighted by Crippen LogP contribution is -2.61. The van der Waals surface area contributed by atoms with E-state index >= 15 is 0 Å². The summed E-state index contributed by atoms with van der Waals surface area (Å²) in [6.07, 6.45) is 6.97. The monoisotopic (exact) mass is 252 g/mol. The van der Waals surface area contributed by atoms with Crippen molar-refractivity contribution >= 4 is 12.0 Å². The highest BCUT2D eigenvalue weighted by Crippen LogP contribution is 2.60. The van der Waals surface area contributed by atoms with Crippen LogP contribution >= 0.6 is 0 Å². The van der Waals surface area contributed by atoms with Crippen molar-refractivity contribution in [3.8, 4) is 0 Å². The van der Waals surface area contributed by atoms with Gasteiger partial charge in [-0.2, -0.15) is 0 Å². The summed E-state index contributed by atoms with van der Waals surface area (Å²) in [7, 11) is 0. The molecule has 18 heavy (non-hydrogen) atoms. The summed E-state index contributed by atoms with van der Waals surface area (Å²) in [5.41, 5.74) is -0.645. The quantitative estimate of drug-likeness (QED) is 0.693. The van der Waals surface area contributed by atoms with E-state index in [-0.39, 0.29) is 6.03 Å². The Labute approximate surface area is 106 Å². The molecule has 3 fully saturated rings. The van der Waals surface area contributed by atoms with Gasteiger partial charge in [0.1, 0.15) is 5.54 Å². The standard InChI is InChI=1S/C13H20N2O3/c16-10(17)13(4-1-5-13)15-11(18)14-8-12(6-7-12)9-2-3-9/h9H,1-8H2,(H,16,17)(H2,14,15,18). The minimum Gasteiger partial charge on any atom is -0.480 e. The number of carboxylic acid groups (broad SMARTS) is 1. The second-order valence-electron chi connectivity index (χ2n) is 6.19. The molecule has 0 unspecified atom stereocenters. The average molecular weight is 252 g/mol. The van der Waals surface area contributed by atoms with Crippen LogP contribution in [0.25, 0.3) is 0 Å². The number of hydrogen-bond acceptors (Lipinski definition) is 2. The van der Waals surface area contributed by atoms with Crippen LogP contribution in [0.5, 0.6) is 0 Å². The van der Waals surface area contributed by atoms with Crippen LogP contribution in [-0.4, -0.2) is 29.2 Å². The fraction of sp³-hybridized carbons (Fsp3) is 0.846. The number of carbonyl (C=O) groups is 2. The van der Waals surface area contributed by atoms with E-state index in [1.54, 1.807) is 0 Å². The minimum absolute atomic E-state index is 0.316. The Hall–Kier alpha value is -1.26. The molecule has 3 N–H and O–H groups in total. The number of nitrogens with one attached hydrogen (secondary N) is 2. The van der Waals surface area contributed by atoms with Gasteiger partial charge < -0.3 is 15.7 Å². The van der Waals surface area contributed by atoms with Crippen LogP contribution < -0.4 is 10.6 Å². The van der Waals surface area contributed by atoms with E-state index in [1.807, 2.05) is 0 Å². The van der Waals surface area contributed by atoms with E-state index in [1.165, 1.54) is 25.7 Å². The number of aliphatic carboxylic acids is 1. The Morgan fingerprint density at radius 2 is 1.83 bits per heavy atom. The van der Waals surface area contributed by atoms with Crippen molar-refractivity contribution < 1.29 is 14.7 Å². The number of amides is 2. The van der Waals surface area contributed by atoms with Gasteiger partial charge in [0.25, 0.3) is 0 Å². The van der Waals surface area contributed by atoms with Crippen molar-refractivity contribution in [1.82, 2.24) is 10.6 Å². The van der Waals surface area contributed by atoms with Gasteiger partial charge in [0, 0.05) is 6.54 Å². The Morgan fingerprint density at radius 3 is 2.22 bits per heavy atom. The first kappa shape index (κ1) is 11.8. The Bertz CT molecular complexity index is 382. The number of rotatable bonds is 5. The molecule has 0 radical (unpaired) electrons. The molecule has 3 aliphatic carbocycles. The molecule has 100 valence electrons. The molecule has 3 aliphatic rings. The lowest BCUT2D eigenvalue weighted by atomic mass is 9.77. The van der Waals surface area contributed by atoms with Crippen LogP contribution in [-0.2, 0) is 4.79 Å². The first-order valence-corrected chi connectivity index (χ1v) is 6.86. The summed E-state index contributed by atoms with van der Waals surface area (Å²) >= 11 is 0. The first-order valence-electron chi connectivity index (χ1n) is 6.86. The summed E-state index contributed by atoms with van der Waals surface area (Å²) in [5, 5.41) is 14.6. The van der Waals surface area contributed by atoms with Gasteiger partial charge in [-0.25, -0.2) is 9.59 Å². The Morgan fingerprint density at radius 1 is 1.17 bits per heavy atom. The second-order valence-corrected chi connectivity index (χ2v) is 6.19. The fourth-order valence-corrected chi connectivity index (χ4v) is 3.03. The zero-order valence-electron chi connectivity index (χ0n) is 10.5. The molecule has 0 saturated heterocycles. The molecule has 2 amide bonds. The molecule has 0 heterocycles. The van der Waals surface area contributed by atoms with Gasteiger partial charge in [0.2, 0.25) is 0 Å². The van der Waals surface area contributed by atoms with Gasteiger partial charge in [-0.15, -0.1) is 0 Å². The van der Waals surface area contributed by atoms with Crippen molar-refractivity contribution in [1.29, 1.82) is 0 Å². The predicted octanol–water partition coefficient (Wildman–Crippen LogP) is 1.48. The van der Waals surface area contributed by atoms with Crippen LogP contribution in [0.15, 0.2) is 0 Å². The molecule has 5 nitrogen and oxygen atoms in total. The molecular formula is C13H20N2O3. The summed E-state index contributed by atoms with van der Waals surface area (Å²) in [5.74, 6) is -0.109. The topological polar surface area (TPSA) is 78.4 Å². The van der Waals surface area contributed by atoms with Gasteiger partial charge in [-0.05, 0) is 56.3 Å². The Kier molecular flexibility index (Phi) is 2.54. The third-order valence-corrected chi connectivity index (χ3v) is 4.91. The zero-order valence-corrected chi connectivity index (χ0v) is 10.5.